The highest BCUT2D eigenvalue weighted by Crippen LogP contribution is 2.37. The van der Waals surface area contributed by atoms with Crippen LogP contribution in [0.25, 0.3) is 22.0 Å². The predicted molar refractivity (Wildman–Crippen MR) is 146 cm³/mol. The van der Waals surface area contributed by atoms with E-state index in [0.29, 0.717) is 22.2 Å². The van der Waals surface area contributed by atoms with E-state index in [1.165, 1.54) is 30.5 Å². The molecule has 38 heavy (non-hydrogen) atoms. The van der Waals surface area contributed by atoms with E-state index in [4.69, 9.17) is 4.74 Å². The summed E-state index contributed by atoms with van der Waals surface area (Å²) in [6.07, 6.45) is 2.53. The molecule has 0 bridgehead atoms. The van der Waals surface area contributed by atoms with Gasteiger partial charge in [0.15, 0.2) is 19.7 Å². The summed E-state index contributed by atoms with van der Waals surface area (Å²) in [6.45, 7) is 3.30. The van der Waals surface area contributed by atoms with Crippen molar-refractivity contribution in [2.24, 2.45) is 0 Å². The second kappa shape index (κ2) is 9.85. The Kier molecular flexibility index (Phi) is 7.07. The molecular formula is C28H27NO7S2. The van der Waals surface area contributed by atoms with Crippen LogP contribution >= 0.6 is 0 Å². The number of aromatic nitrogens is 1. The van der Waals surface area contributed by atoms with Crippen molar-refractivity contribution in [3.8, 4) is 16.9 Å². The number of sulfone groups is 2. The summed E-state index contributed by atoms with van der Waals surface area (Å²) in [5.74, 6) is -0.981. The Bertz CT molecular complexity index is 1740. The predicted octanol–water partition coefficient (Wildman–Crippen LogP) is 4.79. The fourth-order valence-corrected chi connectivity index (χ4v) is 5.17. The van der Waals surface area contributed by atoms with Crippen molar-refractivity contribution in [3.63, 3.8) is 0 Å². The van der Waals surface area contributed by atoms with Gasteiger partial charge in [-0.25, -0.2) is 21.6 Å². The number of rotatable bonds is 8. The molecule has 3 aromatic carbocycles. The van der Waals surface area contributed by atoms with E-state index in [0.717, 1.165) is 11.6 Å². The Morgan fingerprint density at radius 2 is 1.61 bits per heavy atom. The van der Waals surface area contributed by atoms with Crippen molar-refractivity contribution in [1.29, 1.82) is 0 Å². The first-order valence-electron chi connectivity index (χ1n) is 11.6. The molecule has 1 heterocycles. The van der Waals surface area contributed by atoms with Gasteiger partial charge in [-0.2, -0.15) is 0 Å². The zero-order chi connectivity index (χ0) is 27.9. The van der Waals surface area contributed by atoms with Crippen LogP contribution in [0.15, 0.2) is 83.9 Å². The number of hydrogen-bond donors (Lipinski definition) is 1. The lowest BCUT2D eigenvalue weighted by Crippen LogP contribution is -2.28. The average Bonchev–Trinajstić information content (AvgIpc) is 2.85. The first-order chi connectivity index (χ1) is 17.7. The lowest BCUT2D eigenvalue weighted by atomic mass is 9.93. The van der Waals surface area contributed by atoms with Crippen LogP contribution < -0.4 is 4.74 Å². The molecule has 0 amide bonds. The second-order valence-electron chi connectivity index (χ2n) is 9.59. The molecule has 1 aromatic heterocycles. The number of aliphatic carboxylic acids is 1. The molecule has 0 saturated carbocycles. The van der Waals surface area contributed by atoms with Gasteiger partial charge in [-0.15, -0.1) is 0 Å². The van der Waals surface area contributed by atoms with E-state index in [-0.39, 0.29) is 16.2 Å². The maximum atomic E-state index is 12.6. The Hall–Kier alpha value is -3.76. The summed E-state index contributed by atoms with van der Waals surface area (Å²) in [6, 6.07) is 19.5. The Labute approximate surface area is 221 Å². The normalized spacial score (nSPS) is 13.3. The summed E-state index contributed by atoms with van der Waals surface area (Å²) in [4.78, 5) is 16.6. The minimum absolute atomic E-state index is 0.0728. The van der Waals surface area contributed by atoms with Crippen molar-refractivity contribution in [1.82, 2.24) is 4.98 Å². The van der Waals surface area contributed by atoms with E-state index < -0.39 is 36.5 Å². The maximum Gasteiger partial charge on any atom is 0.349 e. The van der Waals surface area contributed by atoms with Gasteiger partial charge in [0.1, 0.15) is 5.75 Å². The molecule has 8 nitrogen and oxygen atoms in total. The van der Waals surface area contributed by atoms with Gasteiger partial charge in [-0.1, -0.05) is 30.3 Å². The smallest absolute Gasteiger partial charge is 0.349 e. The van der Waals surface area contributed by atoms with E-state index in [1.54, 1.807) is 50.4 Å². The third-order valence-corrected chi connectivity index (χ3v) is 9.78. The van der Waals surface area contributed by atoms with Gasteiger partial charge in [0, 0.05) is 35.2 Å². The van der Waals surface area contributed by atoms with E-state index in [1.807, 2.05) is 18.2 Å². The quantitative estimate of drug-likeness (QED) is 0.330. The molecule has 10 heteroatoms. The molecule has 1 N–H and O–H groups in total. The van der Waals surface area contributed by atoms with Gasteiger partial charge in [-0.3, -0.25) is 4.98 Å². The van der Waals surface area contributed by atoms with E-state index in [9.17, 15) is 26.7 Å². The highest BCUT2D eigenvalue weighted by atomic mass is 32.2. The number of carboxylic acids is 1. The highest BCUT2D eigenvalue weighted by Gasteiger charge is 2.33. The first-order valence-corrected chi connectivity index (χ1v) is 15.4. The number of carbonyl (C=O) groups is 1. The molecule has 0 aliphatic rings. The van der Waals surface area contributed by atoms with Crippen LogP contribution in [0.3, 0.4) is 0 Å². The number of nitrogens with zero attached hydrogens (tertiary/aromatic N) is 1. The summed E-state index contributed by atoms with van der Waals surface area (Å²) >= 11 is 0. The summed E-state index contributed by atoms with van der Waals surface area (Å²) in [7, 11) is -6.88. The zero-order valence-corrected chi connectivity index (χ0v) is 22.9. The van der Waals surface area contributed by atoms with Crippen molar-refractivity contribution in [3.05, 3.63) is 90.1 Å². The van der Waals surface area contributed by atoms with Crippen LogP contribution in [0, 0.1) is 0 Å². The lowest BCUT2D eigenvalue weighted by molar-refractivity contribution is -0.145. The summed E-state index contributed by atoms with van der Waals surface area (Å²) in [5.41, 5.74) is 2.86. The highest BCUT2D eigenvalue weighted by molar-refractivity contribution is 7.91. The zero-order valence-electron chi connectivity index (χ0n) is 21.2. The molecule has 0 fully saturated rings. The number of benzene rings is 3. The molecular weight excluding hydrogens is 526 g/mol. The van der Waals surface area contributed by atoms with Gasteiger partial charge in [-0.05, 0) is 67.4 Å². The molecule has 1 atom stereocenters. The summed E-state index contributed by atoms with van der Waals surface area (Å²) < 4.78 is 53.3. The van der Waals surface area contributed by atoms with Gasteiger partial charge < -0.3 is 9.84 Å². The molecule has 198 valence electrons. The van der Waals surface area contributed by atoms with Gasteiger partial charge in [0.25, 0.3) is 0 Å². The van der Waals surface area contributed by atoms with Crippen LogP contribution in [0.1, 0.15) is 31.1 Å². The third kappa shape index (κ3) is 5.41. The lowest BCUT2D eigenvalue weighted by Gasteiger charge is -2.24. The average molecular weight is 554 g/mol. The topological polar surface area (TPSA) is 128 Å². The maximum absolute atomic E-state index is 12.6. The molecule has 1 unspecified atom stereocenters. The SMILES string of the molecule is CC(C)(c1cc(-c2cccc(OC(C(=O)O)c3ccc(S(C)(=O)=O)cc3)c2)c2ncccc2c1)S(C)(=O)=O. The fourth-order valence-electron chi connectivity index (χ4n) is 4.00. The van der Waals surface area contributed by atoms with Crippen molar-refractivity contribution in [2.75, 3.05) is 12.5 Å². The van der Waals surface area contributed by atoms with Crippen LogP contribution in [-0.2, 0) is 29.2 Å². The number of fused-ring (bicyclic) bond motifs is 1. The minimum atomic E-state index is -3.45. The van der Waals surface area contributed by atoms with Crippen LogP contribution in [-0.4, -0.2) is 45.4 Å². The molecule has 0 aliphatic heterocycles. The Balaban J connectivity index is 1.78. The van der Waals surface area contributed by atoms with Crippen LogP contribution in [0.5, 0.6) is 5.75 Å². The third-order valence-electron chi connectivity index (χ3n) is 6.56. The number of pyridine rings is 1. The van der Waals surface area contributed by atoms with Crippen molar-refractivity contribution in [2.45, 2.75) is 29.6 Å². The second-order valence-corrected chi connectivity index (χ2v) is 14.2. The van der Waals surface area contributed by atoms with Gasteiger partial charge >= 0.3 is 5.97 Å². The molecule has 4 aromatic rings. The fraction of sp³-hybridized carbons (Fsp3) is 0.214. The molecule has 0 aliphatic carbocycles. The van der Waals surface area contributed by atoms with Gasteiger partial charge in [0.2, 0.25) is 6.10 Å². The van der Waals surface area contributed by atoms with Crippen molar-refractivity contribution < 1.29 is 31.5 Å². The molecule has 0 spiro atoms. The largest absolute Gasteiger partial charge is 0.478 e. The number of ether oxygens (including phenoxy) is 1. The molecule has 0 saturated heterocycles. The number of carboxylic acid groups (broad SMARTS) is 1. The van der Waals surface area contributed by atoms with E-state index in [2.05, 4.69) is 4.98 Å². The monoisotopic (exact) mass is 553 g/mol. The first kappa shape index (κ1) is 27.3. The van der Waals surface area contributed by atoms with Crippen molar-refractivity contribution >= 4 is 36.5 Å². The van der Waals surface area contributed by atoms with E-state index >= 15 is 0 Å². The molecule has 4 rings (SSSR count). The molecule has 0 radical (unpaired) electrons. The Morgan fingerprint density at radius 3 is 2.21 bits per heavy atom. The standard InChI is InChI=1S/C28H27NO7S2/c1-28(2,38(4,34)35)21-15-20-8-6-14-29-25(20)24(17-21)19-7-5-9-22(16-19)36-26(27(30)31)18-10-12-23(13-11-18)37(3,32)33/h5-17,26H,1-4H3,(H,30,31). The summed E-state index contributed by atoms with van der Waals surface area (Å²) in [5, 5.41) is 10.6. The minimum Gasteiger partial charge on any atom is -0.478 e. The van der Waals surface area contributed by atoms with Crippen LogP contribution in [0.4, 0.5) is 0 Å². The van der Waals surface area contributed by atoms with Gasteiger partial charge in [0.05, 0.1) is 15.2 Å². The number of hydrogen-bond acceptors (Lipinski definition) is 7. The Morgan fingerprint density at radius 1 is 0.921 bits per heavy atom. The van der Waals surface area contributed by atoms with Crippen LogP contribution in [0.2, 0.25) is 0 Å².